The summed E-state index contributed by atoms with van der Waals surface area (Å²) in [6, 6.07) is 15.4. The first-order valence-corrected chi connectivity index (χ1v) is 10.4. The molecule has 29 heavy (non-hydrogen) atoms. The van der Waals surface area contributed by atoms with Crippen LogP contribution in [0.2, 0.25) is 0 Å². The van der Waals surface area contributed by atoms with E-state index in [1.165, 1.54) is 30.3 Å². The van der Waals surface area contributed by atoms with E-state index in [-0.39, 0.29) is 16.1 Å². The molecule has 0 unspecified atom stereocenters. The molecule has 7 heteroatoms. The van der Waals surface area contributed by atoms with Gasteiger partial charge in [0.1, 0.15) is 5.82 Å². The Hall–Kier alpha value is -3.19. The van der Waals surface area contributed by atoms with Crippen molar-refractivity contribution in [3.63, 3.8) is 0 Å². The zero-order chi connectivity index (χ0) is 21.2. The topological polar surface area (TPSA) is 75.3 Å². The molecule has 0 aliphatic carbocycles. The minimum absolute atomic E-state index is 0.0167. The molecule has 5 nitrogen and oxygen atoms in total. The van der Waals surface area contributed by atoms with Gasteiger partial charge in [-0.15, -0.1) is 0 Å². The Morgan fingerprint density at radius 2 is 1.55 bits per heavy atom. The van der Waals surface area contributed by atoms with Gasteiger partial charge in [0.2, 0.25) is 0 Å². The molecule has 0 bridgehead atoms. The van der Waals surface area contributed by atoms with Crippen molar-refractivity contribution < 1.29 is 17.6 Å². The van der Waals surface area contributed by atoms with Crippen LogP contribution in [0.5, 0.6) is 0 Å². The van der Waals surface area contributed by atoms with E-state index >= 15 is 0 Å². The maximum Gasteiger partial charge on any atom is 0.262 e. The standard InChI is InChI=1S/C22H21FN2O3S/c1-14-9-11-18(12-16(14)3)25-29(27,28)21-13-17(10-8-15(21)2)22(26)24-20-7-5-4-6-19(20)23/h4-13,25H,1-3H3,(H,24,26). The van der Waals surface area contributed by atoms with E-state index in [0.717, 1.165) is 11.1 Å². The number of hydrogen-bond acceptors (Lipinski definition) is 3. The Balaban J connectivity index is 1.90. The predicted octanol–water partition coefficient (Wildman–Crippen LogP) is 4.80. The van der Waals surface area contributed by atoms with E-state index in [0.29, 0.717) is 11.3 Å². The van der Waals surface area contributed by atoms with Gasteiger partial charge in [0.25, 0.3) is 15.9 Å². The van der Waals surface area contributed by atoms with Crippen molar-refractivity contribution in [1.82, 2.24) is 0 Å². The monoisotopic (exact) mass is 412 g/mol. The molecule has 0 aliphatic rings. The molecule has 3 aromatic carbocycles. The highest BCUT2D eigenvalue weighted by Gasteiger charge is 2.20. The Morgan fingerprint density at radius 1 is 0.862 bits per heavy atom. The van der Waals surface area contributed by atoms with Crippen LogP contribution in [0.15, 0.2) is 65.6 Å². The summed E-state index contributed by atoms with van der Waals surface area (Å²) < 4.78 is 42.1. The predicted molar refractivity (Wildman–Crippen MR) is 112 cm³/mol. The summed E-state index contributed by atoms with van der Waals surface area (Å²) in [5, 5.41) is 2.46. The number of anilines is 2. The number of nitrogens with one attached hydrogen (secondary N) is 2. The van der Waals surface area contributed by atoms with E-state index in [1.807, 2.05) is 19.9 Å². The highest BCUT2D eigenvalue weighted by Crippen LogP contribution is 2.23. The normalized spacial score (nSPS) is 11.2. The zero-order valence-electron chi connectivity index (χ0n) is 16.3. The van der Waals surface area contributed by atoms with Crippen molar-refractivity contribution in [2.75, 3.05) is 10.0 Å². The lowest BCUT2D eigenvalue weighted by molar-refractivity contribution is 0.102. The van der Waals surface area contributed by atoms with Crippen LogP contribution in [-0.2, 0) is 10.0 Å². The lowest BCUT2D eigenvalue weighted by Gasteiger charge is -2.13. The number of rotatable bonds is 5. The second-order valence-corrected chi connectivity index (χ2v) is 8.47. The maximum absolute atomic E-state index is 13.8. The Bertz CT molecular complexity index is 1190. The van der Waals surface area contributed by atoms with Gasteiger partial charge >= 0.3 is 0 Å². The smallest absolute Gasteiger partial charge is 0.262 e. The fourth-order valence-electron chi connectivity index (χ4n) is 2.80. The third-order valence-electron chi connectivity index (χ3n) is 4.62. The van der Waals surface area contributed by atoms with Crippen LogP contribution >= 0.6 is 0 Å². The fraction of sp³-hybridized carbons (Fsp3) is 0.136. The average molecular weight is 412 g/mol. The highest BCUT2D eigenvalue weighted by atomic mass is 32.2. The van der Waals surface area contributed by atoms with Gasteiger partial charge in [0.15, 0.2) is 0 Å². The molecule has 0 aromatic heterocycles. The quantitative estimate of drug-likeness (QED) is 0.632. The SMILES string of the molecule is Cc1ccc(NS(=O)(=O)c2cc(C(=O)Nc3ccccc3F)ccc2C)cc1C. The fourth-order valence-corrected chi connectivity index (χ4v) is 4.12. The number of halogens is 1. The lowest BCUT2D eigenvalue weighted by atomic mass is 10.1. The number of carbonyl (C=O) groups excluding carboxylic acids is 1. The lowest BCUT2D eigenvalue weighted by Crippen LogP contribution is -2.17. The molecule has 1 amide bonds. The van der Waals surface area contributed by atoms with Crippen molar-refractivity contribution in [2.24, 2.45) is 0 Å². The summed E-state index contributed by atoms with van der Waals surface area (Å²) in [5.41, 5.74) is 3.07. The van der Waals surface area contributed by atoms with E-state index in [1.54, 1.807) is 31.2 Å². The number of para-hydroxylation sites is 1. The van der Waals surface area contributed by atoms with Gasteiger partial charge < -0.3 is 5.32 Å². The van der Waals surface area contributed by atoms with Gasteiger partial charge in [-0.3, -0.25) is 9.52 Å². The second-order valence-electron chi connectivity index (χ2n) is 6.82. The van der Waals surface area contributed by atoms with Gasteiger partial charge in [-0.25, -0.2) is 12.8 Å². The molecule has 0 atom stereocenters. The molecule has 0 heterocycles. The van der Waals surface area contributed by atoms with Crippen molar-refractivity contribution in [3.8, 4) is 0 Å². The Labute approximate surface area is 169 Å². The van der Waals surface area contributed by atoms with Crippen molar-refractivity contribution in [2.45, 2.75) is 25.7 Å². The van der Waals surface area contributed by atoms with Crippen LogP contribution in [-0.4, -0.2) is 14.3 Å². The van der Waals surface area contributed by atoms with Gasteiger partial charge in [-0.2, -0.15) is 0 Å². The van der Waals surface area contributed by atoms with Gasteiger partial charge in [0.05, 0.1) is 10.6 Å². The summed E-state index contributed by atoms with van der Waals surface area (Å²) in [6.45, 7) is 5.48. The molecule has 0 spiro atoms. The molecule has 3 rings (SSSR count). The van der Waals surface area contributed by atoms with Crippen molar-refractivity contribution >= 4 is 27.3 Å². The second kappa shape index (κ2) is 8.05. The Kier molecular flexibility index (Phi) is 5.70. The largest absolute Gasteiger partial charge is 0.319 e. The number of benzene rings is 3. The summed E-state index contributed by atoms with van der Waals surface area (Å²) in [6.07, 6.45) is 0. The van der Waals surface area contributed by atoms with E-state index in [9.17, 15) is 17.6 Å². The van der Waals surface area contributed by atoms with E-state index in [2.05, 4.69) is 10.0 Å². The minimum Gasteiger partial charge on any atom is -0.319 e. The van der Waals surface area contributed by atoms with Gasteiger partial charge in [-0.1, -0.05) is 24.3 Å². The van der Waals surface area contributed by atoms with E-state index in [4.69, 9.17) is 0 Å². The molecular weight excluding hydrogens is 391 g/mol. The third-order valence-corrected chi connectivity index (χ3v) is 6.14. The van der Waals surface area contributed by atoms with E-state index < -0.39 is 21.7 Å². The molecule has 0 fully saturated rings. The molecular formula is C22H21FN2O3S. The summed E-state index contributed by atoms with van der Waals surface area (Å²) in [4.78, 5) is 12.5. The van der Waals surface area contributed by atoms with Crippen LogP contribution in [0.4, 0.5) is 15.8 Å². The molecule has 0 radical (unpaired) electrons. The van der Waals surface area contributed by atoms with Crippen LogP contribution in [0.1, 0.15) is 27.0 Å². The zero-order valence-corrected chi connectivity index (χ0v) is 17.1. The number of aryl methyl sites for hydroxylation is 3. The highest BCUT2D eigenvalue weighted by molar-refractivity contribution is 7.92. The first-order chi connectivity index (χ1) is 13.7. The summed E-state index contributed by atoms with van der Waals surface area (Å²) >= 11 is 0. The van der Waals surface area contributed by atoms with Crippen LogP contribution in [0.3, 0.4) is 0 Å². The van der Waals surface area contributed by atoms with Crippen molar-refractivity contribution in [1.29, 1.82) is 0 Å². The van der Waals surface area contributed by atoms with Gasteiger partial charge in [-0.05, 0) is 73.9 Å². The molecule has 150 valence electrons. The first kappa shape index (κ1) is 20.5. The van der Waals surface area contributed by atoms with Gasteiger partial charge in [0, 0.05) is 11.3 Å². The number of sulfonamides is 1. The van der Waals surface area contributed by atoms with Crippen LogP contribution in [0, 0.1) is 26.6 Å². The summed E-state index contributed by atoms with van der Waals surface area (Å²) in [5.74, 6) is -1.17. The average Bonchev–Trinajstić information content (AvgIpc) is 2.66. The molecule has 0 aliphatic heterocycles. The molecule has 2 N–H and O–H groups in total. The summed E-state index contributed by atoms with van der Waals surface area (Å²) in [7, 11) is -3.91. The van der Waals surface area contributed by atoms with Crippen molar-refractivity contribution in [3.05, 3.63) is 88.7 Å². The van der Waals surface area contributed by atoms with Crippen LogP contribution < -0.4 is 10.0 Å². The first-order valence-electron chi connectivity index (χ1n) is 8.94. The number of amides is 1. The maximum atomic E-state index is 13.8. The number of carbonyl (C=O) groups is 1. The molecule has 0 saturated heterocycles. The molecule has 3 aromatic rings. The number of hydrogen-bond donors (Lipinski definition) is 2. The third kappa shape index (κ3) is 4.63. The minimum atomic E-state index is -3.91. The Morgan fingerprint density at radius 3 is 2.24 bits per heavy atom. The van der Waals surface area contributed by atoms with Crippen LogP contribution in [0.25, 0.3) is 0 Å². The molecule has 0 saturated carbocycles.